The molecule has 3 heteroatoms. The first-order valence-electron chi connectivity index (χ1n) is 3.83. The lowest BCUT2D eigenvalue weighted by Crippen LogP contribution is -2.13. The van der Waals surface area contributed by atoms with E-state index in [0.717, 1.165) is 11.3 Å². The molecule has 1 aromatic rings. The smallest absolute Gasteiger partial charge is 0.121 e. The number of aliphatic hydroxyl groups excluding tert-OH is 1. The lowest BCUT2D eigenvalue weighted by Gasteiger charge is -2.09. The number of nitrogens with one attached hydrogen (secondary N) is 1. The Morgan fingerprint density at radius 3 is 2.50 bits per heavy atom. The Kier molecular flexibility index (Phi) is 2.55. The molecule has 0 saturated heterocycles. The molecule has 0 amide bonds. The zero-order valence-electron chi connectivity index (χ0n) is 7.20. The highest BCUT2D eigenvalue weighted by molar-refractivity contribution is 5.50. The van der Waals surface area contributed by atoms with E-state index in [2.05, 4.69) is 5.32 Å². The van der Waals surface area contributed by atoms with Crippen LogP contribution in [0.25, 0.3) is 0 Å². The summed E-state index contributed by atoms with van der Waals surface area (Å²) in [7, 11) is 0. The fraction of sp³-hybridized carbons (Fsp3) is 0.333. The fourth-order valence-corrected chi connectivity index (χ4v) is 1.09. The van der Waals surface area contributed by atoms with Crippen LogP contribution in [0.15, 0.2) is 18.2 Å². The van der Waals surface area contributed by atoms with Crippen LogP contribution in [0.4, 0.5) is 5.69 Å². The van der Waals surface area contributed by atoms with Gasteiger partial charge in [0.05, 0.1) is 0 Å². The van der Waals surface area contributed by atoms with Crippen LogP contribution >= 0.6 is 0 Å². The maximum absolute atomic E-state index is 9.19. The van der Waals surface area contributed by atoms with E-state index in [1.54, 1.807) is 19.1 Å². The molecule has 1 aromatic carbocycles. The average Bonchev–Trinajstić information content (AvgIpc) is 1.81. The van der Waals surface area contributed by atoms with E-state index in [4.69, 9.17) is 5.11 Å². The Bertz CT molecular complexity index is 251. The standard InChI is InChI=1S/C9H13NO2/c1-6-3-8(10-7(2)11)5-9(12)4-6/h3-5,7,10-12H,1-2H3. The van der Waals surface area contributed by atoms with E-state index in [-0.39, 0.29) is 5.75 Å². The molecule has 12 heavy (non-hydrogen) atoms. The van der Waals surface area contributed by atoms with Crippen molar-refractivity contribution < 1.29 is 10.2 Å². The zero-order chi connectivity index (χ0) is 9.14. The minimum absolute atomic E-state index is 0.207. The second-order valence-electron chi connectivity index (χ2n) is 2.88. The number of hydrogen-bond donors (Lipinski definition) is 3. The predicted molar refractivity (Wildman–Crippen MR) is 48.1 cm³/mol. The Hall–Kier alpha value is -1.22. The molecule has 1 rings (SSSR count). The van der Waals surface area contributed by atoms with Crippen molar-refractivity contribution in [3.05, 3.63) is 23.8 Å². The maximum Gasteiger partial charge on any atom is 0.121 e. The highest BCUT2D eigenvalue weighted by Gasteiger charge is 1.98. The quantitative estimate of drug-likeness (QED) is 0.584. The maximum atomic E-state index is 9.19. The number of aromatic hydroxyl groups is 1. The minimum atomic E-state index is -0.605. The van der Waals surface area contributed by atoms with Crippen LogP contribution in [-0.2, 0) is 0 Å². The second kappa shape index (κ2) is 3.45. The average molecular weight is 167 g/mol. The molecule has 0 saturated carbocycles. The largest absolute Gasteiger partial charge is 0.508 e. The van der Waals surface area contributed by atoms with Crippen LogP contribution < -0.4 is 5.32 Å². The van der Waals surface area contributed by atoms with Gasteiger partial charge in [0.1, 0.15) is 12.0 Å². The van der Waals surface area contributed by atoms with Crippen molar-refractivity contribution >= 4 is 5.69 Å². The van der Waals surface area contributed by atoms with Gasteiger partial charge in [-0.25, -0.2) is 0 Å². The van der Waals surface area contributed by atoms with Crippen LogP contribution in [0.2, 0.25) is 0 Å². The molecule has 0 radical (unpaired) electrons. The van der Waals surface area contributed by atoms with Gasteiger partial charge in [0, 0.05) is 11.8 Å². The third-order valence-corrected chi connectivity index (χ3v) is 1.44. The number of rotatable bonds is 2. The van der Waals surface area contributed by atoms with Gasteiger partial charge in [-0.1, -0.05) is 0 Å². The number of anilines is 1. The van der Waals surface area contributed by atoms with Gasteiger partial charge in [-0.15, -0.1) is 0 Å². The molecule has 3 nitrogen and oxygen atoms in total. The molecule has 3 N–H and O–H groups in total. The summed E-state index contributed by atoms with van der Waals surface area (Å²) < 4.78 is 0. The summed E-state index contributed by atoms with van der Waals surface area (Å²) in [5.74, 6) is 0.207. The second-order valence-corrected chi connectivity index (χ2v) is 2.88. The van der Waals surface area contributed by atoms with Crippen LogP contribution in [0.1, 0.15) is 12.5 Å². The molecule has 0 aliphatic heterocycles. The summed E-state index contributed by atoms with van der Waals surface area (Å²) in [5.41, 5.74) is 1.68. The van der Waals surface area contributed by atoms with Crippen molar-refractivity contribution in [2.75, 3.05) is 5.32 Å². The summed E-state index contributed by atoms with van der Waals surface area (Å²) in [5, 5.41) is 21.0. The predicted octanol–water partition coefficient (Wildman–Crippen LogP) is 1.45. The first kappa shape index (κ1) is 8.87. The van der Waals surface area contributed by atoms with Gasteiger partial charge in [0.2, 0.25) is 0 Å². The van der Waals surface area contributed by atoms with E-state index < -0.39 is 6.23 Å². The van der Waals surface area contributed by atoms with Gasteiger partial charge in [-0.05, 0) is 31.5 Å². The number of aliphatic hydroxyl groups is 1. The molecular weight excluding hydrogens is 154 g/mol. The van der Waals surface area contributed by atoms with Crippen molar-refractivity contribution in [2.24, 2.45) is 0 Å². The van der Waals surface area contributed by atoms with Crippen molar-refractivity contribution in [1.82, 2.24) is 0 Å². The van der Waals surface area contributed by atoms with E-state index in [1.807, 2.05) is 13.0 Å². The van der Waals surface area contributed by atoms with Crippen molar-refractivity contribution in [3.63, 3.8) is 0 Å². The summed E-state index contributed by atoms with van der Waals surface area (Å²) in [6.07, 6.45) is -0.605. The van der Waals surface area contributed by atoms with E-state index in [9.17, 15) is 5.11 Å². The zero-order valence-corrected chi connectivity index (χ0v) is 7.20. The molecule has 0 aliphatic carbocycles. The lowest BCUT2D eigenvalue weighted by atomic mass is 10.2. The van der Waals surface area contributed by atoms with E-state index >= 15 is 0 Å². The monoisotopic (exact) mass is 167 g/mol. The molecule has 0 heterocycles. The van der Waals surface area contributed by atoms with Gasteiger partial charge < -0.3 is 15.5 Å². The third kappa shape index (κ3) is 2.43. The summed E-state index contributed by atoms with van der Waals surface area (Å²) >= 11 is 0. The SMILES string of the molecule is Cc1cc(O)cc(NC(C)O)c1. The van der Waals surface area contributed by atoms with Gasteiger partial charge in [-0.2, -0.15) is 0 Å². The van der Waals surface area contributed by atoms with Crippen LogP contribution in [0.3, 0.4) is 0 Å². The normalized spacial score (nSPS) is 12.6. The first-order chi connectivity index (χ1) is 5.58. The molecule has 0 spiro atoms. The number of aryl methyl sites for hydroxylation is 1. The molecule has 66 valence electrons. The molecule has 0 aliphatic rings. The Morgan fingerprint density at radius 1 is 1.33 bits per heavy atom. The van der Waals surface area contributed by atoms with Gasteiger partial charge in [-0.3, -0.25) is 0 Å². The van der Waals surface area contributed by atoms with E-state index in [1.165, 1.54) is 0 Å². The topological polar surface area (TPSA) is 52.5 Å². The molecule has 1 unspecified atom stereocenters. The third-order valence-electron chi connectivity index (χ3n) is 1.44. The number of hydrogen-bond acceptors (Lipinski definition) is 3. The molecule has 0 fully saturated rings. The Balaban J connectivity index is 2.85. The summed E-state index contributed by atoms with van der Waals surface area (Å²) in [4.78, 5) is 0. The summed E-state index contributed by atoms with van der Waals surface area (Å²) in [6.45, 7) is 3.51. The Morgan fingerprint density at radius 2 is 2.00 bits per heavy atom. The number of phenolic OH excluding ortho intramolecular Hbond substituents is 1. The molecule has 0 aromatic heterocycles. The minimum Gasteiger partial charge on any atom is -0.508 e. The molecule has 0 bridgehead atoms. The number of phenols is 1. The highest BCUT2D eigenvalue weighted by atomic mass is 16.3. The first-order valence-corrected chi connectivity index (χ1v) is 3.83. The fourth-order valence-electron chi connectivity index (χ4n) is 1.09. The number of benzene rings is 1. The van der Waals surface area contributed by atoms with Gasteiger partial charge in [0.15, 0.2) is 0 Å². The van der Waals surface area contributed by atoms with Crippen molar-refractivity contribution in [3.8, 4) is 5.75 Å². The van der Waals surface area contributed by atoms with Crippen molar-refractivity contribution in [1.29, 1.82) is 0 Å². The van der Waals surface area contributed by atoms with Crippen molar-refractivity contribution in [2.45, 2.75) is 20.1 Å². The van der Waals surface area contributed by atoms with Crippen LogP contribution in [-0.4, -0.2) is 16.4 Å². The van der Waals surface area contributed by atoms with Gasteiger partial charge in [0.25, 0.3) is 0 Å². The molecular formula is C9H13NO2. The lowest BCUT2D eigenvalue weighted by molar-refractivity contribution is 0.224. The highest BCUT2D eigenvalue weighted by Crippen LogP contribution is 2.19. The van der Waals surface area contributed by atoms with E-state index in [0.29, 0.717) is 0 Å². The van der Waals surface area contributed by atoms with Crippen LogP contribution in [0, 0.1) is 6.92 Å². The Labute approximate surface area is 71.7 Å². The van der Waals surface area contributed by atoms with Crippen LogP contribution in [0.5, 0.6) is 5.75 Å². The molecule has 1 atom stereocenters. The summed E-state index contributed by atoms with van der Waals surface area (Å²) in [6, 6.07) is 5.08. The van der Waals surface area contributed by atoms with Gasteiger partial charge >= 0.3 is 0 Å².